The Morgan fingerprint density at radius 3 is 2.50 bits per heavy atom. The molecule has 1 aromatic carbocycles. The Morgan fingerprint density at radius 1 is 1.50 bits per heavy atom. The van der Waals surface area contributed by atoms with Gasteiger partial charge in [-0.25, -0.2) is 0 Å². The molecular weight excluding hydrogens is 219 g/mol. The summed E-state index contributed by atoms with van der Waals surface area (Å²) in [4.78, 5) is 0.399. The van der Waals surface area contributed by atoms with Gasteiger partial charge in [0.25, 0.3) is 0 Å². The number of rotatable bonds is 1. The van der Waals surface area contributed by atoms with Gasteiger partial charge in [0.1, 0.15) is 0 Å². The van der Waals surface area contributed by atoms with Crippen LogP contribution in [0.15, 0.2) is 24.3 Å². The third kappa shape index (κ3) is 2.87. The van der Waals surface area contributed by atoms with Crippen molar-refractivity contribution in [1.82, 2.24) is 0 Å². The predicted molar refractivity (Wildman–Crippen MR) is 41.2 cm³/mol. The second kappa shape index (κ2) is 4.94. The second-order valence-electron chi connectivity index (χ2n) is 1.64. The third-order valence-corrected chi connectivity index (χ3v) is 1.19. The van der Waals surface area contributed by atoms with Crippen molar-refractivity contribution in [2.45, 2.75) is 0 Å². The van der Waals surface area contributed by atoms with Crippen LogP contribution in [0.3, 0.4) is 0 Å². The van der Waals surface area contributed by atoms with Crippen LogP contribution in [-0.2, 0) is 32.7 Å². The van der Waals surface area contributed by atoms with Crippen LogP contribution >= 0.6 is 12.2 Å². The van der Waals surface area contributed by atoms with Crippen LogP contribution in [0.25, 0.3) is 0 Å². The SMILES string of the molecule is NC(=S)c1[c-]cccc1.[Y+3]. The third-order valence-electron chi connectivity index (χ3n) is 0.975. The number of hydrogen-bond acceptors (Lipinski definition) is 1. The largest absolute Gasteiger partial charge is 3.00 e. The maximum atomic E-state index is 5.31. The van der Waals surface area contributed by atoms with Gasteiger partial charge >= 0.3 is 32.7 Å². The molecule has 0 radical (unpaired) electrons. The maximum Gasteiger partial charge on any atom is 3.00 e. The standard InChI is InChI=1S/C7H6NS.Y/c8-7(9)6-4-2-1-3-5-6;/h1-4H,(H2,8,9);/q-1;+3. The van der Waals surface area contributed by atoms with Gasteiger partial charge in [-0.3, -0.25) is 0 Å². The van der Waals surface area contributed by atoms with Crippen LogP contribution < -0.4 is 5.73 Å². The van der Waals surface area contributed by atoms with E-state index in [9.17, 15) is 0 Å². The van der Waals surface area contributed by atoms with Crippen LogP contribution in [0.1, 0.15) is 5.56 Å². The van der Waals surface area contributed by atoms with E-state index in [1.54, 1.807) is 6.07 Å². The van der Waals surface area contributed by atoms with Crippen LogP contribution in [0.4, 0.5) is 0 Å². The zero-order valence-electron chi connectivity index (χ0n) is 5.37. The summed E-state index contributed by atoms with van der Waals surface area (Å²) in [5.74, 6) is 0. The van der Waals surface area contributed by atoms with Gasteiger partial charge in [-0.2, -0.15) is 0 Å². The fourth-order valence-electron chi connectivity index (χ4n) is 0.547. The van der Waals surface area contributed by atoms with Gasteiger partial charge in [-0.05, 0) is 0 Å². The molecule has 0 spiro atoms. The first-order valence-corrected chi connectivity index (χ1v) is 2.98. The Hall–Kier alpha value is 0.214. The minimum Gasteiger partial charge on any atom is -0.427 e. The van der Waals surface area contributed by atoms with Gasteiger partial charge in [0.2, 0.25) is 0 Å². The maximum absolute atomic E-state index is 5.31. The van der Waals surface area contributed by atoms with Crippen molar-refractivity contribution in [1.29, 1.82) is 0 Å². The van der Waals surface area contributed by atoms with E-state index < -0.39 is 0 Å². The normalized spacial score (nSPS) is 8.00. The second-order valence-corrected chi connectivity index (χ2v) is 2.08. The van der Waals surface area contributed by atoms with Crippen molar-refractivity contribution < 1.29 is 32.7 Å². The van der Waals surface area contributed by atoms with Gasteiger partial charge in [-0.15, -0.1) is 48.1 Å². The molecule has 1 nitrogen and oxygen atoms in total. The summed E-state index contributed by atoms with van der Waals surface area (Å²) in [5.41, 5.74) is 6.11. The smallest absolute Gasteiger partial charge is 0.427 e. The molecule has 0 bridgehead atoms. The summed E-state index contributed by atoms with van der Waals surface area (Å²) in [6, 6.07) is 10.3. The molecule has 2 N–H and O–H groups in total. The number of nitrogens with two attached hydrogens (primary N) is 1. The Labute approximate surface area is 90.9 Å². The van der Waals surface area contributed by atoms with Gasteiger partial charge in [0.15, 0.2) is 0 Å². The first-order valence-electron chi connectivity index (χ1n) is 2.57. The molecule has 0 aliphatic heterocycles. The molecule has 0 aromatic heterocycles. The zero-order chi connectivity index (χ0) is 6.69. The van der Waals surface area contributed by atoms with Crippen molar-refractivity contribution >= 4 is 17.2 Å². The van der Waals surface area contributed by atoms with E-state index in [0.717, 1.165) is 5.56 Å². The molecule has 3 heteroatoms. The molecule has 0 heterocycles. The molecule has 0 atom stereocenters. The quantitative estimate of drug-likeness (QED) is 0.572. The first kappa shape index (κ1) is 10.2. The summed E-state index contributed by atoms with van der Waals surface area (Å²) in [5, 5.41) is 0. The summed E-state index contributed by atoms with van der Waals surface area (Å²) < 4.78 is 0. The summed E-state index contributed by atoms with van der Waals surface area (Å²) in [6.45, 7) is 0. The van der Waals surface area contributed by atoms with Gasteiger partial charge in [-0.1, -0.05) is 0 Å². The van der Waals surface area contributed by atoms with Crippen molar-refractivity contribution in [3.63, 3.8) is 0 Å². The first-order chi connectivity index (χ1) is 4.30. The van der Waals surface area contributed by atoms with Crippen LogP contribution in [0.2, 0.25) is 0 Å². The fourth-order valence-corrected chi connectivity index (χ4v) is 0.674. The van der Waals surface area contributed by atoms with E-state index in [0.29, 0.717) is 4.99 Å². The van der Waals surface area contributed by atoms with Crippen molar-refractivity contribution in [2.24, 2.45) is 5.73 Å². The van der Waals surface area contributed by atoms with Crippen LogP contribution in [0, 0.1) is 6.07 Å². The number of thiocarbonyl (C=S) groups is 1. The summed E-state index contributed by atoms with van der Waals surface area (Å²) in [7, 11) is 0. The summed E-state index contributed by atoms with van der Waals surface area (Å²) >= 11 is 4.71. The molecule has 1 aromatic rings. The van der Waals surface area contributed by atoms with E-state index in [2.05, 4.69) is 6.07 Å². The molecule has 0 unspecified atom stereocenters. The van der Waals surface area contributed by atoms with E-state index in [-0.39, 0.29) is 32.7 Å². The molecule has 0 aliphatic rings. The Balaban J connectivity index is 0.000000810. The number of hydrogen-bond donors (Lipinski definition) is 1. The molecule has 0 fully saturated rings. The Kier molecular flexibility index (Phi) is 5.05. The topological polar surface area (TPSA) is 26.0 Å². The van der Waals surface area contributed by atoms with Crippen molar-refractivity contribution in [3.8, 4) is 0 Å². The van der Waals surface area contributed by atoms with Crippen molar-refractivity contribution in [3.05, 3.63) is 35.9 Å². The molecule has 46 valence electrons. The van der Waals surface area contributed by atoms with E-state index in [1.807, 2.05) is 18.2 Å². The van der Waals surface area contributed by atoms with E-state index in [4.69, 9.17) is 18.0 Å². The van der Waals surface area contributed by atoms with E-state index >= 15 is 0 Å². The van der Waals surface area contributed by atoms with Gasteiger partial charge < -0.3 is 5.73 Å². The van der Waals surface area contributed by atoms with Crippen LogP contribution in [-0.4, -0.2) is 4.99 Å². The van der Waals surface area contributed by atoms with Gasteiger partial charge in [0, 0.05) is 4.99 Å². The average Bonchev–Trinajstić information content (AvgIpc) is 1.90. The molecule has 0 amide bonds. The summed E-state index contributed by atoms with van der Waals surface area (Å²) in [6.07, 6.45) is 0. The Bertz CT molecular complexity index is 210. The predicted octanol–water partition coefficient (Wildman–Crippen LogP) is 1.12. The molecule has 0 aliphatic carbocycles. The van der Waals surface area contributed by atoms with Gasteiger partial charge in [0.05, 0.1) is 0 Å². The minimum atomic E-state index is 0. The molecule has 1 rings (SSSR count). The monoisotopic (exact) mass is 225 g/mol. The molecular formula is C7H6NSY+2. The fraction of sp³-hybridized carbons (Fsp3) is 0. The van der Waals surface area contributed by atoms with E-state index in [1.165, 1.54) is 0 Å². The van der Waals surface area contributed by atoms with Crippen molar-refractivity contribution in [2.75, 3.05) is 0 Å². The van der Waals surface area contributed by atoms with Crippen LogP contribution in [0.5, 0.6) is 0 Å². The minimum absolute atomic E-state index is 0. The molecule has 10 heavy (non-hydrogen) atoms. The Morgan fingerprint density at radius 2 is 2.20 bits per heavy atom. The zero-order valence-corrected chi connectivity index (χ0v) is 9.03. The molecule has 0 saturated heterocycles. The molecule has 0 saturated carbocycles. The average molecular weight is 225 g/mol. The number of benzene rings is 1.